The minimum Gasteiger partial charge on any atom is -0.434 e. The van der Waals surface area contributed by atoms with E-state index in [-0.39, 0.29) is 22.8 Å². The smallest absolute Gasteiger partial charge is 0.387 e. The van der Waals surface area contributed by atoms with E-state index in [0.717, 1.165) is 6.08 Å². The van der Waals surface area contributed by atoms with Gasteiger partial charge in [0.1, 0.15) is 17.4 Å². The Morgan fingerprint density at radius 3 is 2.36 bits per heavy atom. The molecular weight excluding hydrogens is 368 g/mol. The first-order chi connectivity index (χ1) is 13.3. The quantitative estimate of drug-likeness (QED) is 0.609. The van der Waals surface area contributed by atoms with Crippen LogP contribution in [-0.4, -0.2) is 37.4 Å². The van der Waals surface area contributed by atoms with E-state index in [0.29, 0.717) is 11.3 Å². The number of ether oxygens (including phenoxy) is 1. The molecule has 0 saturated carbocycles. The number of nitrogens with zero attached hydrogens (tertiary/aromatic N) is 2. The van der Waals surface area contributed by atoms with Crippen molar-refractivity contribution >= 4 is 23.6 Å². The van der Waals surface area contributed by atoms with Crippen molar-refractivity contribution in [2.45, 2.75) is 6.61 Å². The van der Waals surface area contributed by atoms with Crippen LogP contribution >= 0.6 is 0 Å². The summed E-state index contributed by atoms with van der Waals surface area (Å²) >= 11 is 0. The molecule has 0 atom stereocenters. The SMILES string of the molecule is CN(C)C(=O)c1ccc(NC(=O)/C(C#N)=C/c2ccccc2OC(F)F)cc1. The zero-order valence-corrected chi connectivity index (χ0v) is 15.1. The fourth-order valence-corrected chi connectivity index (χ4v) is 2.26. The summed E-state index contributed by atoms with van der Waals surface area (Å²) in [4.78, 5) is 25.6. The predicted octanol–water partition coefficient (Wildman–Crippen LogP) is 3.54. The summed E-state index contributed by atoms with van der Waals surface area (Å²) in [7, 11) is 3.25. The molecule has 0 aliphatic heterocycles. The Kier molecular flexibility index (Phi) is 6.82. The Hall–Kier alpha value is -3.73. The number of rotatable bonds is 6. The molecule has 1 N–H and O–H groups in total. The summed E-state index contributed by atoms with van der Waals surface area (Å²) in [5.74, 6) is -1.06. The Labute approximate surface area is 160 Å². The molecule has 0 aliphatic rings. The molecule has 0 saturated heterocycles. The van der Waals surface area contributed by atoms with Gasteiger partial charge >= 0.3 is 6.61 Å². The van der Waals surface area contributed by atoms with Crippen LogP contribution in [0.3, 0.4) is 0 Å². The van der Waals surface area contributed by atoms with Gasteiger partial charge in [-0.25, -0.2) is 0 Å². The second kappa shape index (κ2) is 9.28. The van der Waals surface area contributed by atoms with E-state index in [2.05, 4.69) is 10.1 Å². The lowest BCUT2D eigenvalue weighted by Gasteiger charge is -2.11. The molecular formula is C20H17F2N3O3. The largest absolute Gasteiger partial charge is 0.434 e. The standard InChI is InChI=1S/C20H17F2N3O3/c1-25(2)19(27)13-7-9-16(10-8-13)24-18(26)15(12-23)11-14-5-3-4-6-17(14)28-20(21)22/h3-11,20H,1-2H3,(H,24,26)/b15-11+. The number of nitrogens with one attached hydrogen (secondary N) is 1. The van der Waals surface area contributed by atoms with E-state index in [1.807, 2.05) is 0 Å². The number of para-hydroxylation sites is 1. The maximum atomic E-state index is 12.5. The van der Waals surface area contributed by atoms with Gasteiger partial charge in [0.05, 0.1) is 0 Å². The second-order valence-electron chi connectivity index (χ2n) is 5.82. The number of nitriles is 1. The highest BCUT2D eigenvalue weighted by atomic mass is 19.3. The summed E-state index contributed by atoms with van der Waals surface area (Å²) in [5.41, 5.74) is 0.691. The van der Waals surface area contributed by atoms with Crippen molar-refractivity contribution in [2.75, 3.05) is 19.4 Å². The van der Waals surface area contributed by atoms with Crippen molar-refractivity contribution in [1.29, 1.82) is 5.26 Å². The fraction of sp³-hybridized carbons (Fsp3) is 0.150. The van der Waals surface area contributed by atoms with Gasteiger partial charge in [-0.2, -0.15) is 14.0 Å². The van der Waals surface area contributed by atoms with E-state index in [1.54, 1.807) is 38.4 Å². The average Bonchev–Trinajstić information content (AvgIpc) is 2.66. The number of benzene rings is 2. The number of hydrogen-bond acceptors (Lipinski definition) is 4. The highest BCUT2D eigenvalue weighted by Crippen LogP contribution is 2.23. The van der Waals surface area contributed by atoms with E-state index >= 15 is 0 Å². The lowest BCUT2D eigenvalue weighted by Crippen LogP contribution is -2.21. The monoisotopic (exact) mass is 385 g/mol. The van der Waals surface area contributed by atoms with Crippen LogP contribution in [-0.2, 0) is 4.79 Å². The fourth-order valence-electron chi connectivity index (χ4n) is 2.26. The van der Waals surface area contributed by atoms with Gasteiger partial charge < -0.3 is 15.0 Å². The van der Waals surface area contributed by atoms with Crippen LogP contribution in [0, 0.1) is 11.3 Å². The normalized spacial score (nSPS) is 10.9. The number of hydrogen-bond donors (Lipinski definition) is 1. The number of carbonyl (C=O) groups excluding carboxylic acids is 2. The van der Waals surface area contributed by atoms with E-state index < -0.39 is 12.5 Å². The molecule has 0 aromatic heterocycles. The van der Waals surface area contributed by atoms with Gasteiger partial charge in [-0.3, -0.25) is 9.59 Å². The Bertz CT molecular complexity index is 932. The molecule has 6 nitrogen and oxygen atoms in total. The molecule has 0 spiro atoms. The minimum atomic E-state index is -3.03. The van der Waals surface area contributed by atoms with Crippen molar-refractivity contribution in [1.82, 2.24) is 4.90 Å². The highest BCUT2D eigenvalue weighted by Gasteiger charge is 2.14. The Morgan fingerprint density at radius 1 is 1.14 bits per heavy atom. The van der Waals surface area contributed by atoms with Crippen molar-refractivity contribution in [3.63, 3.8) is 0 Å². The molecule has 2 rings (SSSR count). The van der Waals surface area contributed by atoms with E-state index in [9.17, 15) is 23.6 Å². The zero-order chi connectivity index (χ0) is 20.7. The highest BCUT2D eigenvalue weighted by molar-refractivity contribution is 6.10. The number of alkyl halides is 2. The summed E-state index contributed by atoms with van der Waals surface area (Å²) in [6.07, 6.45) is 1.16. The maximum absolute atomic E-state index is 12.5. The molecule has 8 heteroatoms. The van der Waals surface area contributed by atoms with Gasteiger partial charge in [-0.1, -0.05) is 18.2 Å². The van der Waals surface area contributed by atoms with Crippen LogP contribution in [0.2, 0.25) is 0 Å². The number of carbonyl (C=O) groups is 2. The first-order valence-electron chi connectivity index (χ1n) is 8.10. The van der Waals surface area contributed by atoms with Gasteiger partial charge in [0.25, 0.3) is 11.8 Å². The maximum Gasteiger partial charge on any atom is 0.387 e. The number of anilines is 1. The number of halogens is 2. The van der Waals surface area contributed by atoms with Gasteiger partial charge in [0.15, 0.2) is 0 Å². The van der Waals surface area contributed by atoms with Crippen molar-refractivity contribution in [3.05, 3.63) is 65.2 Å². The summed E-state index contributed by atoms with van der Waals surface area (Å²) in [5, 5.41) is 11.8. The topological polar surface area (TPSA) is 82.4 Å². The molecule has 144 valence electrons. The third-order valence-electron chi connectivity index (χ3n) is 3.60. The van der Waals surface area contributed by atoms with Gasteiger partial charge in [-0.05, 0) is 36.4 Å². The van der Waals surface area contributed by atoms with Crippen LogP contribution in [0.4, 0.5) is 14.5 Å². The Morgan fingerprint density at radius 2 is 1.79 bits per heavy atom. The minimum absolute atomic E-state index is 0.149. The lowest BCUT2D eigenvalue weighted by molar-refractivity contribution is -0.112. The molecule has 0 fully saturated rings. The summed E-state index contributed by atoms with van der Waals surface area (Å²) in [6, 6.07) is 13.7. The molecule has 0 unspecified atom stereocenters. The van der Waals surface area contributed by atoms with Crippen LogP contribution in [0.25, 0.3) is 6.08 Å². The lowest BCUT2D eigenvalue weighted by atomic mass is 10.1. The molecule has 0 aliphatic carbocycles. The number of amides is 2. The molecule has 2 aromatic rings. The molecule has 28 heavy (non-hydrogen) atoms. The molecule has 0 bridgehead atoms. The third kappa shape index (κ3) is 5.38. The predicted molar refractivity (Wildman–Crippen MR) is 99.8 cm³/mol. The Balaban J connectivity index is 2.20. The summed E-state index contributed by atoms with van der Waals surface area (Å²) in [6.45, 7) is -3.03. The van der Waals surface area contributed by atoms with Crippen LogP contribution in [0.5, 0.6) is 5.75 Å². The van der Waals surface area contributed by atoms with Crippen molar-refractivity contribution < 1.29 is 23.1 Å². The zero-order valence-electron chi connectivity index (χ0n) is 15.1. The van der Waals surface area contributed by atoms with Crippen LogP contribution in [0.1, 0.15) is 15.9 Å². The summed E-state index contributed by atoms with van der Waals surface area (Å²) < 4.78 is 29.4. The first kappa shape index (κ1) is 20.6. The van der Waals surface area contributed by atoms with Crippen molar-refractivity contribution in [3.8, 4) is 11.8 Å². The third-order valence-corrected chi connectivity index (χ3v) is 3.60. The first-order valence-corrected chi connectivity index (χ1v) is 8.10. The van der Waals surface area contributed by atoms with E-state index in [4.69, 9.17) is 0 Å². The second-order valence-corrected chi connectivity index (χ2v) is 5.82. The van der Waals surface area contributed by atoms with Gasteiger partial charge in [0.2, 0.25) is 0 Å². The van der Waals surface area contributed by atoms with Crippen LogP contribution in [0.15, 0.2) is 54.1 Å². The molecule has 2 aromatic carbocycles. The molecule has 0 heterocycles. The van der Waals surface area contributed by atoms with E-state index in [1.165, 1.54) is 35.2 Å². The molecule has 0 radical (unpaired) electrons. The molecule has 2 amide bonds. The average molecular weight is 385 g/mol. The van der Waals surface area contributed by atoms with Gasteiger partial charge in [-0.15, -0.1) is 0 Å². The van der Waals surface area contributed by atoms with Gasteiger partial charge in [0, 0.05) is 30.9 Å². The van der Waals surface area contributed by atoms with Crippen molar-refractivity contribution in [2.24, 2.45) is 0 Å². The van der Waals surface area contributed by atoms with Crippen LogP contribution < -0.4 is 10.1 Å².